The number of carbonyl (C=O) groups is 3. The second-order valence-corrected chi connectivity index (χ2v) is 7.24. The van der Waals surface area contributed by atoms with Crippen LogP contribution in [0.1, 0.15) is 36.8 Å². The maximum Gasteiger partial charge on any atom is 0.335 e. The number of Topliss-reactive ketones (excluding diaryl/α,β-unsaturated/α-hetero) is 2. The van der Waals surface area contributed by atoms with Gasteiger partial charge < -0.3 is 5.11 Å². The van der Waals surface area contributed by atoms with Crippen LogP contribution in [0.4, 0.5) is 0 Å². The molecule has 0 amide bonds. The molecule has 0 saturated heterocycles. The van der Waals surface area contributed by atoms with Crippen molar-refractivity contribution in [2.45, 2.75) is 13.0 Å². The molecule has 4 rings (SSSR count). The Morgan fingerprint density at radius 3 is 2.13 bits per heavy atom. The summed E-state index contributed by atoms with van der Waals surface area (Å²) in [4.78, 5) is 37.1. The van der Waals surface area contributed by atoms with E-state index < -0.39 is 5.97 Å². The van der Waals surface area contributed by atoms with Gasteiger partial charge in [0.05, 0.1) is 12.0 Å². The number of hydrogen-bond acceptors (Lipinski definition) is 3. The van der Waals surface area contributed by atoms with Crippen molar-refractivity contribution in [1.29, 1.82) is 0 Å². The molecule has 5 nitrogen and oxygen atoms in total. The molecule has 0 aliphatic rings. The summed E-state index contributed by atoms with van der Waals surface area (Å²) in [5.41, 5.74) is 2.55. The van der Waals surface area contributed by atoms with Crippen molar-refractivity contribution >= 4 is 28.4 Å². The van der Waals surface area contributed by atoms with Crippen LogP contribution in [0.5, 0.6) is 0 Å². The minimum atomic E-state index is -1.08. The number of carboxylic acid groups (broad SMARTS) is 1. The van der Waals surface area contributed by atoms with Gasteiger partial charge in [0.15, 0.2) is 11.5 Å². The minimum absolute atomic E-state index is 0.0516. The number of pyridine rings is 1. The summed E-state index contributed by atoms with van der Waals surface area (Å²) in [6, 6.07) is 26.5. The normalized spacial score (nSPS) is 10.7. The number of rotatable bonds is 7. The quantitative estimate of drug-likeness (QED) is 0.367. The first-order chi connectivity index (χ1) is 15.0. The van der Waals surface area contributed by atoms with Gasteiger partial charge in [0, 0.05) is 28.6 Å². The standard InChI is InChI=1S/C26H19NO4/c28-24(20-10-6-11-21(15-20)26(30)31)16-22-14-13-18-7-4-5-12-23(18)27(22)17-25(29)19-8-2-1-3-9-19/h1-15H,16-17H2/p+1. The lowest BCUT2D eigenvalue weighted by Crippen LogP contribution is -2.43. The maximum atomic E-state index is 12.9. The molecule has 1 heterocycles. The van der Waals surface area contributed by atoms with E-state index in [1.165, 1.54) is 12.1 Å². The highest BCUT2D eigenvalue weighted by molar-refractivity contribution is 6.00. The molecule has 31 heavy (non-hydrogen) atoms. The first-order valence-corrected chi connectivity index (χ1v) is 9.88. The number of carboxylic acids is 1. The van der Waals surface area contributed by atoms with Crippen molar-refractivity contribution in [2.24, 2.45) is 0 Å². The van der Waals surface area contributed by atoms with Crippen LogP contribution >= 0.6 is 0 Å². The third-order valence-electron chi connectivity index (χ3n) is 5.20. The molecular weight excluding hydrogens is 390 g/mol. The van der Waals surface area contributed by atoms with E-state index in [0.717, 1.165) is 10.9 Å². The highest BCUT2D eigenvalue weighted by atomic mass is 16.4. The molecule has 3 aromatic carbocycles. The summed E-state index contributed by atoms with van der Waals surface area (Å²) in [6.07, 6.45) is 0.0516. The number of hydrogen-bond donors (Lipinski definition) is 1. The molecule has 0 saturated carbocycles. The van der Waals surface area contributed by atoms with E-state index in [2.05, 4.69) is 0 Å². The Balaban J connectivity index is 1.71. The first kappa shape index (κ1) is 20.2. The van der Waals surface area contributed by atoms with Crippen molar-refractivity contribution in [3.05, 3.63) is 113 Å². The lowest BCUT2D eigenvalue weighted by atomic mass is 10.0. The molecular formula is C26H20NO4+. The maximum absolute atomic E-state index is 12.9. The summed E-state index contributed by atoms with van der Waals surface area (Å²) >= 11 is 0. The van der Waals surface area contributed by atoms with Crippen LogP contribution in [0, 0.1) is 0 Å². The number of para-hydroxylation sites is 1. The van der Waals surface area contributed by atoms with Gasteiger partial charge in [-0.3, -0.25) is 9.59 Å². The predicted octanol–water partition coefficient (Wildman–Crippen LogP) is 4.13. The summed E-state index contributed by atoms with van der Waals surface area (Å²) in [6.45, 7) is 0.100. The SMILES string of the molecule is O=C(O)c1cccc(C(=O)Cc2ccc3ccccc3[n+]2CC(=O)c2ccccc2)c1. The second kappa shape index (κ2) is 8.71. The van der Waals surface area contributed by atoms with Crippen LogP contribution in [0.3, 0.4) is 0 Å². The van der Waals surface area contributed by atoms with E-state index in [9.17, 15) is 19.5 Å². The Hall–Kier alpha value is -4.12. The van der Waals surface area contributed by atoms with Gasteiger partial charge in [-0.25, -0.2) is 4.79 Å². The fourth-order valence-corrected chi connectivity index (χ4v) is 3.60. The van der Waals surface area contributed by atoms with Crippen molar-refractivity contribution in [1.82, 2.24) is 0 Å². The van der Waals surface area contributed by atoms with Crippen LogP contribution in [0.15, 0.2) is 91.0 Å². The summed E-state index contributed by atoms with van der Waals surface area (Å²) in [5.74, 6) is -1.34. The average Bonchev–Trinajstić information content (AvgIpc) is 2.81. The van der Waals surface area contributed by atoms with Crippen molar-refractivity contribution in [3.63, 3.8) is 0 Å². The minimum Gasteiger partial charge on any atom is -0.478 e. The third kappa shape index (κ3) is 4.41. The van der Waals surface area contributed by atoms with E-state index in [0.29, 0.717) is 16.8 Å². The number of benzene rings is 3. The lowest BCUT2D eigenvalue weighted by Gasteiger charge is -2.08. The van der Waals surface area contributed by atoms with Crippen molar-refractivity contribution in [2.75, 3.05) is 0 Å². The number of carbonyl (C=O) groups excluding carboxylic acids is 2. The van der Waals surface area contributed by atoms with E-state index in [4.69, 9.17) is 0 Å². The molecule has 1 N–H and O–H groups in total. The largest absolute Gasteiger partial charge is 0.478 e. The zero-order chi connectivity index (χ0) is 21.8. The number of fused-ring (bicyclic) bond motifs is 1. The zero-order valence-corrected chi connectivity index (χ0v) is 16.7. The molecule has 152 valence electrons. The highest BCUT2D eigenvalue weighted by Crippen LogP contribution is 2.14. The van der Waals surface area contributed by atoms with E-state index in [1.54, 1.807) is 24.3 Å². The Morgan fingerprint density at radius 2 is 1.35 bits per heavy atom. The van der Waals surface area contributed by atoms with Crippen molar-refractivity contribution in [3.8, 4) is 0 Å². The van der Waals surface area contributed by atoms with Crippen LogP contribution < -0.4 is 4.57 Å². The summed E-state index contributed by atoms with van der Waals surface area (Å²) in [5, 5.41) is 10.2. The van der Waals surface area contributed by atoms with Gasteiger partial charge in [0.25, 0.3) is 0 Å². The summed E-state index contributed by atoms with van der Waals surface area (Å²) in [7, 11) is 0. The van der Waals surface area contributed by atoms with Gasteiger partial charge in [-0.1, -0.05) is 54.6 Å². The molecule has 4 aromatic rings. The average molecular weight is 410 g/mol. The second-order valence-electron chi connectivity index (χ2n) is 7.24. The van der Waals surface area contributed by atoms with Gasteiger partial charge in [0.1, 0.15) is 0 Å². The van der Waals surface area contributed by atoms with Gasteiger partial charge in [-0.15, -0.1) is 0 Å². The predicted molar refractivity (Wildman–Crippen MR) is 116 cm³/mol. The molecule has 1 aromatic heterocycles. The Labute approximate surface area is 179 Å². The third-order valence-corrected chi connectivity index (χ3v) is 5.20. The van der Waals surface area contributed by atoms with Crippen LogP contribution in [0.25, 0.3) is 10.9 Å². The fraction of sp³-hybridized carbons (Fsp3) is 0.0769. The van der Waals surface area contributed by atoms with Gasteiger partial charge >= 0.3 is 5.97 Å². The lowest BCUT2D eigenvalue weighted by molar-refractivity contribution is -0.664. The topological polar surface area (TPSA) is 75.3 Å². The zero-order valence-electron chi connectivity index (χ0n) is 16.7. The number of aromatic nitrogens is 1. The number of aromatic carboxylic acids is 1. The smallest absolute Gasteiger partial charge is 0.335 e. The van der Waals surface area contributed by atoms with Crippen LogP contribution in [-0.2, 0) is 13.0 Å². The highest BCUT2D eigenvalue weighted by Gasteiger charge is 2.23. The van der Waals surface area contributed by atoms with Gasteiger partial charge in [-0.05, 0) is 24.3 Å². The monoisotopic (exact) mass is 410 g/mol. The molecule has 0 bridgehead atoms. The molecule has 0 aliphatic heterocycles. The summed E-state index contributed by atoms with van der Waals surface area (Å²) < 4.78 is 1.86. The fourth-order valence-electron chi connectivity index (χ4n) is 3.60. The number of nitrogens with zero attached hydrogens (tertiary/aromatic N) is 1. The van der Waals surface area contributed by atoms with Crippen LogP contribution in [0.2, 0.25) is 0 Å². The Morgan fingerprint density at radius 1 is 0.677 bits per heavy atom. The Bertz CT molecular complexity index is 1300. The van der Waals surface area contributed by atoms with E-state index >= 15 is 0 Å². The molecule has 0 atom stereocenters. The van der Waals surface area contributed by atoms with E-state index in [-0.39, 0.29) is 30.1 Å². The van der Waals surface area contributed by atoms with Crippen LogP contribution in [-0.4, -0.2) is 22.6 Å². The number of ketones is 2. The Kier molecular flexibility index (Phi) is 5.67. The first-order valence-electron chi connectivity index (χ1n) is 9.88. The van der Waals surface area contributed by atoms with Gasteiger partial charge in [-0.2, -0.15) is 4.57 Å². The molecule has 0 radical (unpaired) electrons. The van der Waals surface area contributed by atoms with Gasteiger partial charge in [0.2, 0.25) is 17.8 Å². The molecule has 5 heteroatoms. The van der Waals surface area contributed by atoms with E-state index in [1.807, 2.05) is 59.2 Å². The molecule has 0 aliphatic carbocycles. The molecule has 0 unspecified atom stereocenters. The van der Waals surface area contributed by atoms with Crippen molar-refractivity contribution < 1.29 is 24.1 Å². The molecule has 0 fully saturated rings. The molecule has 0 spiro atoms.